The highest BCUT2D eigenvalue weighted by molar-refractivity contribution is 9.09. The van der Waals surface area contributed by atoms with Gasteiger partial charge in [0, 0.05) is 10.4 Å². The fourth-order valence-electron chi connectivity index (χ4n) is 1.57. The fourth-order valence-corrected chi connectivity index (χ4v) is 2.22. The Bertz CT molecular complexity index is 425. The standard InChI is InChI=1S/C12H14BrClO4/c13-4-3-10(15)12(18)7-1-2-9(14)8(5-7)6-11(16)17/h1-2,5,10,12,15,18H,3-4,6H2,(H,16,17). The zero-order chi connectivity index (χ0) is 13.7. The second kappa shape index (κ2) is 7.09. The number of aliphatic hydroxyl groups is 2. The molecule has 0 aromatic heterocycles. The van der Waals surface area contributed by atoms with Crippen molar-refractivity contribution in [3.05, 3.63) is 34.3 Å². The molecule has 0 bridgehead atoms. The minimum atomic E-state index is -1.05. The number of hydrogen-bond acceptors (Lipinski definition) is 3. The van der Waals surface area contributed by atoms with Gasteiger partial charge in [0.25, 0.3) is 0 Å². The number of aliphatic hydroxyl groups excluding tert-OH is 2. The first-order chi connectivity index (χ1) is 8.45. The van der Waals surface area contributed by atoms with Crippen molar-refractivity contribution in [2.75, 3.05) is 5.33 Å². The van der Waals surface area contributed by atoms with Gasteiger partial charge in [-0.05, 0) is 23.6 Å². The quantitative estimate of drug-likeness (QED) is 0.695. The number of alkyl halides is 1. The van der Waals surface area contributed by atoms with Crippen molar-refractivity contribution in [1.82, 2.24) is 0 Å². The number of carboxylic acid groups (broad SMARTS) is 1. The van der Waals surface area contributed by atoms with E-state index in [9.17, 15) is 15.0 Å². The summed E-state index contributed by atoms with van der Waals surface area (Å²) < 4.78 is 0. The molecular formula is C12H14BrClO4. The second-order valence-electron chi connectivity index (χ2n) is 3.91. The molecule has 1 aromatic carbocycles. The van der Waals surface area contributed by atoms with E-state index in [1.54, 1.807) is 6.07 Å². The third kappa shape index (κ3) is 4.24. The Morgan fingerprint density at radius 1 is 1.39 bits per heavy atom. The van der Waals surface area contributed by atoms with Crippen LogP contribution in [-0.2, 0) is 11.2 Å². The average Bonchev–Trinajstić information content (AvgIpc) is 2.31. The van der Waals surface area contributed by atoms with Crippen LogP contribution in [0.25, 0.3) is 0 Å². The van der Waals surface area contributed by atoms with E-state index in [0.29, 0.717) is 27.9 Å². The van der Waals surface area contributed by atoms with Crippen LogP contribution >= 0.6 is 27.5 Å². The van der Waals surface area contributed by atoms with Crippen molar-refractivity contribution in [2.24, 2.45) is 0 Å². The topological polar surface area (TPSA) is 77.8 Å². The van der Waals surface area contributed by atoms with Gasteiger partial charge in [-0.2, -0.15) is 0 Å². The first-order valence-corrected chi connectivity index (χ1v) is 6.88. The Morgan fingerprint density at radius 3 is 2.61 bits per heavy atom. The molecule has 2 unspecified atom stereocenters. The number of benzene rings is 1. The number of rotatable bonds is 6. The molecule has 0 fully saturated rings. The van der Waals surface area contributed by atoms with Gasteiger partial charge >= 0.3 is 5.97 Å². The van der Waals surface area contributed by atoms with Crippen molar-refractivity contribution in [3.63, 3.8) is 0 Å². The predicted molar refractivity (Wildman–Crippen MR) is 72.2 cm³/mol. The summed E-state index contributed by atoms with van der Waals surface area (Å²) in [6.07, 6.45) is -1.76. The molecule has 2 atom stereocenters. The molecule has 0 saturated heterocycles. The van der Waals surface area contributed by atoms with E-state index < -0.39 is 18.2 Å². The van der Waals surface area contributed by atoms with Crippen LogP contribution in [0.1, 0.15) is 23.7 Å². The highest BCUT2D eigenvalue weighted by atomic mass is 79.9. The first-order valence-electron chi connectivity index (χ1n) is 5.38. The maximum atomic E-state index is 10.7. The molecule has 0 radical (unpaired) electrons. The van der Waals surface area contributed by atoms with Crippen molar-refractivity contribution in [3.8, 4) is 0 Å². The SMILES string of the molecule is O=C(O)Cc1cc(C(O)C(O)CCBr)ccc1Cl. The molecule has 0 amide bonds. The lowest BCUT2D eigenvalue weighted by Crippen LogP contribution is -2.19. The third-order valence-electron chi connectivity index (χ3n) is 2.52. The van der Waals surface area contributed by atoms with Gasteiger partial charge in [-0.25, -0.2) is 0 Å². The van der Waals surface area contributed by atoms with E-state index in [2.05, 4.69) is 15.9 Å². The van der Waals surface area contributed by atoms with Gasteiger partial charge < -0.3 is 15.3 Å². The number of hydrogen-bond donors (Lipinski definition) is 3. The summed E-state index contributed by atoms with van der Waals surface area (Å²) >= 11 is 9.05. The number of aliphatic carboxylic acids is 1. The van der Waals surface area contributed by atoms with E-state index in [1.165, 1.54) is 12.1 Å². The molecule has 0 saturated carbocycles. The van der Waals surface area contributed by atoms with Crippen LogP contribution in [0.15, 0.2) is 18.2 Å². The lowest BCUT2D eigenvalue weighted by molar-refractivity contribution is -0.136. The maximum absolute atomic E-state index is 10.7. The van der Waals surface area contributed by atoms with Gasteiger partial charge in [0.1, 0.15) is 6.10 Å². The lowest BCUT2D eigenvalue weighted by Gasteiger charge is -2.18. The third-order valence-corrected chi connectivity index (χ3v) is 3.35. The molecule has 0 aliphatic heterocycles. The van der Waals surface area contributed by atoms with Gasteiger partial charge in [0.05, 0.1) is 12.5 Å². The number of halogens is 2. The Balaban J connectivity index is 2.93. The Labute approximate surface area is 118 Å². The largest absolute Gasteiger partial charge is 0.481 e. The Kier molecular flexibility index (Phi) is 6.08. The molecule has 100 valence electrons. The molecule has 1 rings (SSSR count). The molecule has 0 spiro atoms. The summed E-state index contributed by atoms with van der Waals surface area (Å²) in [5.74, 6) is -0.996. The molecule has 4 nitrogen and oxygen atoms in total. The fraction of sp³-hybridized carbons (Fsp3) is 0.417. The smallest absolute Gasteiger partial charge is 0.307 e. The van der Waals surface area contributed by atoms with Crippen LogP contribution in [0.2, 0.25) is 5.02 Å². The zero-order valence-corrected chi connectivity index (χ0v) is 11.9. The molecule has 3 N–H and O–H groups in total. The first kappa shape index (κ1) is 15.4. The highest BCUT2D eigenvalue weighted by Crippen LogP contribution is 2.25. The summed E-state index contributed by atoms with van der Waals surface area (Å²) in [6.45, 7) is 0. The predicted octanol–water partition coefficient (Wildman–Crippen LogP) is 2.15. The monoisotopic (exact) mass is 336 g/mol. The van der Waals surface area contributed by atoms with Crippen molar-refractivity contribution in [1.29, 1.82) is 0 Å². The Hall–Kier alpha value is -0.620. The minimum Gasteiger partial charge on any atom is -0.481 e. The van der Waals surface area contributed by atoms with Crippen LogP contribution in [0, 0.1) is 0 Å². The van der Waals surface area contributed by atoms with Gasteiger partial charge in [0.15, 0.2) is 0 Å². The van der Waals surface area contributed by atoms with E-state index in [4.69, 9.17) is 16.7 Å². The molecule has 0 heterocycles. The van der Waals surface area contributed by atoms with Crippen LogP contribution < -0.4 is 0 Å². The van der Waals surface area contributed by atoms with Gasteiger partial charge in [-0.15, -0.1) is 0 Å². The van der Waals surface area contributed by atoms with Crippen molar-refractivity contribution < 1.29 is 20.1 Å². The number of carbonyl (C=O) groups is 1. The molecule has 0 aliphatic rings. The summed E-state index contributed by atoms with van der Waals surface area (Å²) in [5, 5.41) is 29.2. The lowest BCUT2D eigenvalue weighted by atomic mass is 9.99. The van der Waals surface area contributed by atoms with Crippen LogP contribution in [0.3, 0.4) is 0 Å². The van der Waals surface area contributed by atoms with Crippen molar-refractivity contribution >= 4 is 33.5 Å². The zero-order valence-electron chi connectivity index (χ0n) is 9.51. The van der Waals surface area contributed by atoms with E-state index in [0.717, 1.165) is 0 Å². The summed E-state index contributed by atoms with van der Waals surface area (Å²) in [7, 11) is 0. The summed E-state index contributed by atoms with van der Waals surface area (Å²) in [4.78, 5) is 10.7. The Morgan fingerprint density at radius 2 is 2.06 bits per heavy atom. The molecule has 6 heteroatoms. The van der Waals surface area contributed by atoms with Crippen molar-refractivity contribution in [2.45, 2.75) is 25.0 Å². The van der Waals surface area contributed by atoms with Crippen LogP contribution in [0.4, 0.5) is 0 Å². The summed E-state index contributed by atoms with van der Waals surface area (Å²) in [5.41, 5.74) is 0.885. The highest BCUT2D eigenvalue weighted by Gasteiger charge is 2.19. The molecule has 18 heavy (non-hydrogen) atoms. The summed E-state index contributed by atoms with van der Waals surface area (Å²) in [6, 6.07) is 4.62. The normalized spacial score (nSPS) is 14.2. The minimum absolute atomic E-state index is 0.214. The molecule has 1 aromatic rings. The van der Waals surface area contributed by atoms with E-state index in [1.807, 2.05) is 0 Å². The van der Waals surface area contributed by atoms with E-state index in [-0.39, 0.29) is 6.42 Å². The van der Waals surface area contributed by atoms with Gasteiger partial charge in [0.2, 0.25) is 0 Å². The second-order valence-corrected chi connectivity index (χ2v) is 5.11. The molecular weight excluding hydrogens is 323 g/mol. The molecule has 0 aliphatic carbocycles. The number of carboxylic acids is 1. The van der Waals surface area contributed by atoms with Gasteiger partial charge in [-0.3, -0.25) is 4.79 Å². The van der Waals surface area contributed by atoms with Gasteiger partial charge in [-0.1, -0.05) is 39.7 Å². The maximum Gasteiger partial charge on any atom is 0.307 e. The van der Waals surface area contributed by atoms with E-state index >= 15 is 0 Å². The van der Waals surface area contributed by atoms with Crippen LogP contribution in [0.5, 0.6) is 0 Å². The van der Waals surface area contributed by atoms with Crippen LogP contribution in [-0.4, -0.2) is 32.7 Å². The average molecular weight is 338 g/mol.